The van der Waals surface area contributed by atoms with E-state index in [4.69, 9.17) is 16.7 Å². The van der Waals surface area contributed by atoms with Crippen LogP contribution in [0.15, 0.2) is 42.5 Å². The summed E-state index contributed by atoms with van der Waals surface area (Å²) in [5, 5.41) is 29.2. The predicted octanol–water partition coefficient (Wildman–Crippen LogP) is 2.49. The summed E-state index contributed by atoms with van der Waals surface area (Å²) in [5.41, 5.74) is 0.884. The largest absolute Gasteiger partial charge is 0.394 e. The second kappa shape index (κ2) is 10.5. The number of hydrogen-bond acceptors (Lipinski definition) is 5. The summed E-state index contributed by atoms with van der Waals surface area (Å²) in [5.74, 6) is -1.41. The average molecular weight is 491 g/mol. The summed E-state index contributed by atoms with van der Waals surface area (Å²) >= 11 is 6.18. The number of benzene rings is 2. The van der Waals surface area contributed by atoms with Gasteiger partial charge in [-0.2, -0.15) is 5.10 Å². The standard InChI is InChI=1S/C24H28ClFN4O4/c1-24(2,3)21(23(34)27-11-17(32)13-31)28-22(33)20-18-10-15(25)6-9-19(18)30(29-20)12-14-4-7-16(26)8-5-14/h4-10,17,21,31-32H,11-13H2,1-3H3,(H,27,34)(H,28,33)/t17-,21+/m0/s1. The van der Waals surface area contributed by atoms with Gasteiger partial charge in [0.2, 0.25) is 5.91 Å². The van der Waals surface area contributed by atoms with E-state index in [0.717, 1.165) is 5.56 Å². The Labute approximate surface area is 201 Å². The fourth-order valence-corrected chi connectivity index (χ4v) is 3.63. The lowest BCUT2D eigenvalue weighted by molar-refractivity contribution is -0.125. The minimum Gasteiger partial charge on any atom is -0.394 e. The first-order valence-electron chi connectivity index (χ1n) is 10.8. The first-order chi connectivity index (χ1) is 16.0. The van der Waals surface area contributed by atoms with Crippen molar-refractivity contribution in [1.29, 1.82) is 0 Å². The van der Waals surface area contributed by atoms with Gasteiger partial charge in [-0.3, -0.25) is 14.3 Å². The number of aliphatic hydroxyl groups is 2. The average Bonchev–Trinajstić information content (AvgIpc) is 3.13. The van der Waals surface area contributed by atoms with Crippen molar-refractivity contribution in [2.45, 2.75) is 39.5 Å². The highest BCUT2D eigenvalue weighted by atomic mass is 35.5. The van der Waals surface area contributed by atoms with Crippen LogP contribution in [-0.4, -0.2) is 57.1 Å². The fraction of sp³-hybridized carbons (Fsp3) is 0.375. The molecule has 3 rings (SSSR count). The van der Waals surface area contributed by atoms with Crippen molar-refractivity contribution in [3.8, 4) is 0 Å². The molecule has 182 valence electrons. The van der Waals surface area contributed by atoms with Crippen molar-refractivity contribution in [3.63, 3.8) is 0 Å². The minimum atomic E-state index is -1.10. The van der Waals surface area contributed by atoms with Crippen molar-refractivity contribution in [1.82, 2.24) is 20.4 Å². The molecule has 0 saturated carbocycles. The third-order valence-electron chi connectivity index (χ3n) is 5.30. The molecule has 0 aliphatic rings. The van der Waals surface area contributed by atoms with Gasteiger partial charge in [-0.05, 0) is 41.3 Å². The fourth-order valence-electron chi connectivity index (χ4n) is 3.46. The van der Waals surface area contributed by atoms with E-state index in [1.54, 1.807) is 55.8 Å². The molecule has 2 atom stereocenters. The van der Waals surface area contributed by atoms with Crippen LogP contribution in [-0.2, 0) is 11.3 Å². The van der Waals surface area contributed by atoms with Crippen molar-refractivity contribution in [2.24, 2.45) is 5.41 Å². The van der Waals surface area contributed by atoms with Crippen LogP contribution in [0.3, 0.4) is 0 Å². The van der Waals surface area contributed by atoms with Gasteiger partial charge >= 0.3 is 0 Å². The number of carbonyl (C=O) groups excluding carboxylic acids is 2. The number of nitrogens with one attached hydrogen (secondary N) is 2. The molecule has 3 aromatic rings. The van der Waals surface area contributed by atoms with Gasteiger partial charge < -0.3 is 20.8 Å². The molecule has 8 nitrogen and oxygen atoms in total. The SMILES string of the molecule is CC(C)(C)[C@H](NC(=O)c1nn(Cc2ccc(F)cc2)c2ccc(Cl)cc12)C(=O)NC[C@H](O)CO. The summed E-state index contributed by atoms with van der Waals surface area (Å²) in [6, 6.07) is 10.1. The Hall–Kier alpha value is -3.01. The topological polar surface area (TPSA) is 116 Å². The number of aliphatic hydroxyl groups excluding tert-OH is 2. The normalized spacial score (nSPS) is 13.5. The molecule has 2 amide bonds. The van der Waals surface area contributed by atoms with Crippen molar-refractivity contribution < 1.29 is 24.2 Å². The van der Waals surface area contributed by atoms with Gasteiger partial charge in [-0.25, -0.2) is 4.39 Å². The maximum Gasteiger partial charge on any atom is 0.273 e. The monoisotopic (exact) mass is 490 g/mol. The van der Waals surface area contributed by atoms with Crippen LogP contribution in [0.2, 0.25) is 5.02 Å². The number of amides is 2. The second-order valence-corrected chi connectivity index (χ2v) is 9.58. The maximum atomic E-state index is 13.3. The highest BCUT2D eigenvalue weighted by Crippen LogP contribution is 2.25. The maximum absolute atomic E-state index is 13.3. The van der Waals surface area contributed by atoms with E-state index in [-0.39, 0.29) is 18.1 Å². The molecule has 2 aromatic carbocycles. The van der Waals surface area contributed by atoms with Gasteiger partial charge in [-0.15, -0.1) is 0 Å². The summed E-state index contributed by atoms with van der Waals surface area (Å²) in [4.78, 5) is 26.1. The predicted molar refractivity (Wildman–Crippen MR) is 127 cm³/mol. The number of fused-ring (bicyclic) bond motifs is 1. The highest BCUT2D eigenvalue weighted by molar-refractivity contribution is 6.31. The second-order valence-electron chi connectivity index (χ2n) is 9.15. The van der Waals surface area contributed by atoms with E-state index >= 15 is 0 Å². The summed E-state index contributed by atoms with van der Waals surface area (Å²) in [6.07, 6.45) is -1.10. The lowest BCUT2D eigenvalue weighted by Crippen LogP contribution is -2.54. The third kappa shape index (κ3) is 6.11. The first kappa shape index (κ1) is 25.6. The molecule has 10 heteroatoms. The summed E-state index contributed by atoms with van der Waals surface area (Å²) in [7, 11) is 0. The molecule has 0 aliphatic heterocycles. The zero-order valence-electron chi connectivity index (χ0n) is 19.2. The van der Waals surface area contributed by atoms with E-state index in [2.05, 4.69) is 15.7 Å². The van der Waals surface area contributed by atoms with Gasteiger partial charge in [0.1, 0.15) is 11.9 Å². The number of halogens is 2. The van der Waals surface area contributed by atoms with E-state index in [1.807, 2.05) is 0 Å². The molecule has 0 unspecified atom stereocenters. The zero-order valence-corrected chi connectivity index (χ0v) is 19.9. The Kier molecular flexibility index (Phi) is 7.91. The van der Waals surface area contributed by atoms with Crippen LogP contribution in [0.4, 0.5) is 4.39 Å². The lowest BCUT2D eigenvalue weighted by atomic mass is 9.86. The molecule has 0 bridgehead atoms. The molecule has 1 aromatic heterocycles. The van der Waals surface area contributed by atoms with Crippen LogP contribution in [0, 0.1) is 11.2 Å². The van der Waals surface area contributed by atoms with Gasteiger partial charge in [-0.1, -0.05) is 44.5 Å². The molecule has 1 heterocycles. The quantitative estimate of drug-likeness (QED) is 0.387. The van der Waals surface area contributed by atoms with Crippen molar-refractivity contribution in [3.05, 3.63) is 64.6 Å². The molecule has 4 N–H and O–H groups in total. The number of rotatable bonds is 8. The third-order valence-corrected chi connectivity index (χ3v) is 5.53. The highest BCUT2D eigenvalue weighted by Gasteiger charge is 2.34. The van der Waals surface area contributed by atoms with E-state index in [0.29, 0.717) is 22.5 Å². The van der Waals surface area contributed by atoms with Gasteiger partial charge in [0.25, 0.3) is 5.91 Å². The molecule has 0 radical (unpaired) electrons. The molecule has 0 aliphatic carbocycles. The van der Waals surface area contributed by atoms with Crippen LogP contribution in [0.5, 0.6) is 0 Å². The number of aromatic nitrogens is 2. The first-order valence-corrected chi connectivity index (χ1v) is 11.2. The Balaban J connectivity index is 1.91. The lowest BCUT2D eigenvalue weighted by Gasteiger charge is -2.30. The summed E-state index contributed by atoms with van der Waals surface area (Å²) < 4.78 is 14.9. The smallest absolute Gasteiger partial charge is 0.273 e. The minimum absolute atomic E-state index is 0.0945. The van der Waals surface area contributed by atoms with Crippen molar-refractivity contribution in [2.75, 3.05) is 13.2 Å². The zero-order chi connectivity index (χ0) is 25.0. The number of carbonyl (C=O) groups is 2. The van der Waals surface area contributed by atoms with Crippen LogP contribution >= 0.6 is 11.6 Å². The summed E-state index contributed by atoms with van der Waals surface area (Å²) in [6.45, 7) is 5.04. The van der Waals surface area contributed by atoms with E-state index in [1.165, 1.54) is 12.1 Å². The Morgan fingerprint density at radius 3 is 2.47 bits per heavy atom. The Morgan fingerprint density at radius 2 is 1.85 bits per heavy atom. The van der Waals surface area contributed by atoms with E-state index < -0.39 is 36.0 Å². The Morgan fingerprint density at radius 1 is 1.18 bits per heavy atom. The van der Waals surface area contributed by atoms with Crippen molar-refractivity contribution >= 4 is 34.3 Å². The van der Waals surface area contributed by atoms with Gasteiger partial charge in [0.05, 0.1) is 24.8 Å². The van der Waals surface area contributed by atoms with Gasteiger partial charge in [0.15, 0.2) is 5.69 Å². The molecular weight excluding hydrogens is 463 g/mol. The van der Waals surface area contributed by atoms with Crippen LogP contribution in [0.1, 0.15) is 36.8 Å². The molecule has 34 heavy (non-hydrogen) atoms. The van der Waals surface area contributed by atoms with Gasteiger partial charge in [0, 0.05) is 17.0 Å². The van der Waals surface area contributed by atoms with Crippen LogP contribution in [0.25, 0.3) is 10.9 Å². The van der Waals surface area contributed by atoms with Crippen LogP contribution < -0.4 is 10.6 Å². The molecule has 0 fully saturated rings. The Bertz CT molecular complexity index is 1170. The molecule has 0 spiro atoms. The number of hydrogen-bond donors (Lipinski definition) is 4. The molecular formula is C24H28ClFN4O4. The molecule has 0 saturated heterocycles. The van der Waals surface area contributed by atoms with E-state index in [9.17, 15) is 19.1 Å². The number of nitrogens with zero attached hydrogens (tertiary/aromatic N) is 2.